The molecule has 0 aromatic heterocycles. The normalized spacial score (nSPS) is 14.9. The van der Waals surface area contributed by atoms with Crippen LogP contribution in [0.4, 0.5) is 29.3 Å². The molecule has 0 saturated heterocycles. The van der Waals surface area contributed by atoms with E-state index in [1.807, 2.05) is 30.3 Å². The number of hydrogen-bond acceptors (Lipinski definition) is 4. The minimum absolute atomic E-state index is 0.0284. The molecule has 4 rings (SSSR count). The maximum Gasteiger partial charge on any atom is 0.416 e. The van der Waals surface area contributed by atoms with E-state index < -0.39 is 17.8 Å². The van der Waals surface area contributed by atoms with Crippen molar-refractivity contribution >= 4 is 29.2 Å². The average molecular weight is 525 g/mol. The lowest BCUT2D eigenvalue weighted by Crippen LogP contribution is -2.23. The highest BCUT2D eigenvalue weighted by molar-refractivity contribution is 6.01. The number of carbonyl (C=O) groups excluding carboxylic acids is 3. The molecule has 1 atom stereocenters. The summed E-state index contributed by atoms with van der Waals surface area (Å²) in [7, 11) is 0. The second-order valence-corrected chi connectivity index (χ2v) is 9.05. The smallest absolute Gasteiger partial charge is 0.416 e. The predicted octanol–water partition coefficient (Wildman–Crippen LogP) is 7.10. The van der Waals surface area contributed by atoms with E-state index in [1.165, 1.54) is 12.1 Å². The lowest BCUT2D eigenvalue weighted by atomic mass is 9.79. The van der Waals surface area contributed by atoms with Gasteiger partial charge in [-0.3, -0.25) is 9.59 Å². The minimum atomic E-state index is -4.50. The van der Waals surface area contributed by atoms with Crippen LogP contribution in [0.25, 0.3) is 11.1 Å². The molecule has 0 fully saturated rings. The summed E-state index contributed by atoms with van der Waals surface area (Å²) in [6.45, 7) is 2.08. The number of urea groups is 1. The van der Waals surface area contributed by atoms with E-state index in [1.54, 1.807) is 19.1 Å². The van der Waals surface area contributed by atoms with Crippen molar-refractivity contribution in [3.8, 4) is 11.1 Å². The van der Waals surface area contributed by atoms with Crippen LogP contribution < -0.4 is 10.6 Å². The van der Waals surface area contributed by atoms with E-state index in [2.05, 4.69) is 10.6 Å². The van der Waals surface area contributed by atoms with Gasteiger partial charge in [-0.2, -0.15) is 13.2 Å². The molecule has 3 aromatic carbocycles. The second kappa shape index (κ2) is 11.5. The van der Waals surface area contributed by atoms with Gasteiger partial charge in [-0.1, -0.05) is 36.4 Å². The Balaban J connectivity index is 1.37. The molecule has 6 nitrogen and oxygen atoms in total. The number of rotatable bonds is 7. The number of aryl methyl sites for hydroxylation is 1. The molecule has 0 radical (unpaired) electrons. The van der Waals surface area contributed by atoms with Crippen molar-refractivity contribution in [3.63, 3.8) is 0 Å². The van der Waals surface area contributed by atoms with Crippen molar-refractivity contribution in [1.82, 2.24) is 0 Å². The highest BCUT2D eigenvalue weighted by Gasteiger charge is 2.30. The number of amides is 2. The third-order valence-corrected chi connectivity index (χ3v) is 6.43. The highest BCUT2D eigenvalue weighted by atomic mass is 19.4. The lowest BCUT2D eigenvalue weighted by molar-refractivity contribution is -0.143. The van der Waals surface area contributed by atoms with Gasteiger partial charge in [0.05, 0.1) is 12.2 Å². The zero-order chi connectivity index (χ0) is 27.3. The highest BCUT2D eigenvalue weighted by Crippen LogP contribution is 2.33. The molecule has 38 heavy (non-hydrogen) atoms. The van der Waals surface area contributed by atoms with Crippen molar-refractivity contribution in [2.24, 2.45) is 5.92 Å². The van der Waals surface area contributed by atoms with Crippen molar-refractivity contribution < 1.29 is 32.3 Å². The third kappa shape index (κ3) is 6.59. The number of hydrogen-bond donors (Lipinski definition) is 2. The Labute approximate surface area is 218 Å². The van der Waals surface area contributed by atoms with Crippen LogP contribution >= 0.6 is 0 Å². The topological polar surface area (TPSA) is 84.5 Å². The Morgan fingerprint density at radius 3 is 2.37 bits per heavy atom. The Kier molecular flexibility index (Phi) is 8.14. The summed E-state index contributed by atoms with van der Waals surface area (Å²) < 4.78 is 43.6. The van der Waals surface area contributed by atoms with Crippen LogP contribution in [0.15, 0.2) is 66.7 Å². The largest absolute Gasteiger partial charge is 0.466 e. The number of nitrogens with one attached hydrogen (secondary N) is 2. The number of halogens is 3. The summed E-state index contributed by atoms with van der Waals surface area (Å²) in [6.07, 6.45) is -2.37. The molecule has 198 valence electrons. The fraction of sp³-hybridized carbons (Fsp3) is 0.276. The van der Waals surface area contributed by atoms with Crippen LogP contribution in [-0.2, 0) is 22.1 Å². The maximum absolute atomic E-state index is 12.9. The van der Waals surface area contributed by atoms with Crippen molar-refractivity contribution in [1.29, 1.82) is 0 Å². The number of Topliss-reactive ketones (excluding diaryl/α,β-unsaturated/α-hetero) is 1. The van der Waals surface area contributed by atoms with Gasteiger partial charge in [0, 0.05) is 29.3 Å². The molecular weight excluding hydrogens is 497 g/mol. The summed E-state index contributed by atoms with van der Waals surface area (Å²) in [5, 5.41) is 5.01. The van der Waals surface area contributed by atoms with Gasteiger partial charge in [0.15, 0.2) is 5.78 Å². The summed E-state index contributed by atoms with van der Waals surface area (Å²) in [6, 6.07) is 16.4. The number of alkyl halides is 3. The van der Waals surface area contributed by atoms with Gasteiger partial charge in [-0.15, -0.1) is 0 Å². The number of ketones is 1. The van der Waals surface area contributed by atoms with Crippen LogP contribution in [0.3, 0.4) is 0 Å². The van der Waals surface area contributed by atoms with Gasteiger partial charge in [-0.25, -0.2) is 4.79 Å². The fourth-order valence-corrected chi connectivity index (χ4v) is 4.51. The van der Waals surface area contributed by atoms with Gasteiger partial charge < -0.3 is 15.4 Å². The number of benzene rings is 3. The van der Waals surface area contributed by atoms with E-state index in [4.69, 9.17) is 4.74 Å². The molecule has 0 spiro atoms. The molecule has 0 saturated carbocycles. The molecule has 2 N–H and O–H groups in total. The first kappa shape index (κ1) is 26.9. The number of esters is 1. The van der Waals surface area contributed by atoms with E-state index in [9.17, 15) is 27.6 Å². The molecule has 3 aromatic rings. The first-order valence-electron chi connectivity index (χ1n) is 12.3. The average Bonchev–Trinajstić information content (AvgIpc) is 2.88. The number of fused-ring (bicyclic) bond motifs is 1. The Morgan fingerprint density at radius 1 is 0.947 bits per heavy atom. The van der Waals surface area contributed by atoms with Crippen LogP contribution in [0.1, 0.15) is 47.7 Å². The van der Waals surface area contributed by atoms with Gasteiger partial charge in [0.25, 0.3) is 0 Å². The van der Waals surface area contributed by atoms with Crippen molar-refractivity contribution in [3.05, 3.63) is 83.4 Å². The Morgan fingerprint density at radius 2 is 1.66 bits per heavy atom. The molecule has 0 aliphatic heterocycles. The van der Waals surface area contributed by atoms with E-state index in [0.29, 0.717) is 30.7 Å². The van der Waals surface area contributed by atoms with Crippen LogP contribution in [0.2, 0.25) is 0 Å². The molecule has 1 aliphatic carbocycles. The summed E-state index contributed by atoms with van der Waals surface area (Å²) in [5.74, 6) is -0.425. The zero-order valence-corrected chi connectivity index (χ0v) is 20.7. The Bertz CT molecular complexity index is 1340. The van der Waals surface area contributed by atoms with E-state index in [-0.39, 0.29) is 29.8 Å². The molecule has 9 heteroatoms. The quantitative estimate of drug-likeness (QED) is 0.323. The third-order valence-electron chi connectivity index (χ3n) is 6.43. The van der Waals surface area contributed by atoms with Gasteiger partial charge in [0.2, 0.25) is 0 Å². The van der Waals surface area contributed by atoms with E-state index in [0.717, 1.165) is 35.2 Å². The predicted molar refractivity (Wildman–Crippen MR) is 138 cm³/mol. The monoisotopic (exact) mass is 524 g/mol. The van der Waals surface area contributed by atoms with Crippen molar-refractivity contribution in [2.75, 3.05) is 17.2 Å². The molecule has 1 aliphatic rings. The fourth-order valence-electron chi connectivity index (χ4n) is 4.51. The maximum atomic E-state index is 12.9. The number of carbonyl (C=O) groups is 3. The first-order chi connectivity index (χ1) is 18.1. The van der Waals surface area contributed by atoms with Crippen LogP contribution in [0, 0.1) is 5.92 Å². The SMILES string of the molecule is CCOC(=O)CCC1CCc2cc(-c3ccc(NC(=O)Nc4cccc(C(F)(F)F)c4)cc3)ccc2C1=O. The molecule has 0 bridgehead atoms. The van der Waals surface area contributed by atoms with Crippen LogP contribution in [-0.4, -0.2) is 24.4 Å². The molecular formula is C29H27F3N2O4. The van der Waals surface area contributed by atoms with Gasteiger partial charge in [-0.05, 0) is 73.2 Å². The standard InChI is InChI=1S/C29H27F3N2O4/c1-2-38-26(35)15-11-19-6-7-21-16-20(10-14-25(21)27(19)36)18-8-12-23(13-9-18)33-28(37)34-24-5-3-4-22(17-24)29(30,31)32/h3-5,8-10,12-14,16-17,19H,2,6-7,11,15H2,1H3,(H2,33,34,37). The summed E-state index contributed by atoms with van der Waals surface area (Å²) in [5.41, 5.74) is 3.09. The first-order valence-corrected chi connectivity index (χ1v) is 12.3. The van der Waals surface area contributed by atoms with Gasteiger partial charge >= 0.3 is 18.2 Å². The lowest BCUT2D eigenvalue weighted by Gasteiger charge is -2.23. The summed E-state index contributed by atoms with van der Waals surface area (Å²) >= 11 is 0. The minimum Gasteiger partial charge on any atom is -0.466 e. The Hall–Kier alpha value is -4.14. The molecule has 1 unspecified atom stereocenters. The molecule has 2 amide bonds. The molecule has 0 heterocycles. The number of ether oxygens (including phenoxy) is 1. The van der Waals surface area contributed by atoms with Crippen LogP contribution in [0.5, 0.6) is 0 Å². The van der Waals surface area contributed by atoms with Crippen molar-refractivity contribution in [2.45, 2.75) is 38.8 Å². The summed E-state index contributed by atoms with van der Waals surface area (Å²) in [4.78, 5) is 36.9. The second-order valence-electron chi connectivity index (χ2n) is 9.05. The van der Waals surface area contributed by atoms with E-state index >= 15 is 0 Å². The number of anilines is 2. The van der Waals surface area contributed by atoms with Gasteiger partial charge in [0.1, 0.15) is 0 Å². The zero-order valence-electron chi connectivity index (χ0n) is 20.7.